The van der Waals surface area contributed by atoms with Gasteiger partial charge in [-0.2, -0.15) is 0 Å². The van der Waals surface area contributed by atoms with E-state index in [0.717, 1.165) is 0 Å². The normalized spacial score (nSPS) is 12.6. The first kappa shape index (κ1) is 18.0. The Balaban J connectivity index is 0.000000225. The van der Waals surface area contributed by atoms with Crippen LogP contribution in [0.1, 0.15) is 5.48 Å². The van der Waals surface area contributed by atoms with Gasteiger partial charge in [0.05, 0.1) is 26.9 Å². The maximum atomic E-state index is 8.04. The molecule has 0 aromatic heterocycles. The van der Waals surface area contributed by atoms with E-state index >= 15 is 0 Å². The summed E-state index contributed by atoms with van der Waals surface area (Å²) < 4.78 is 46.3. The molecule has 34 heavy (non-hydrogen) atoms. The van der Waals surface area contributed by atoms with Gasteiger partial charge in [-0.25, -0.2) is 0 Å². The second-order valence-corrected chi connectivity index (χ2v) is 8.69. The standard InChI is InChI=1S/C16H20N2.C12H10Cl2N2/c1-17(2)15-9-5-13(6-10-15)14-7-11-16(12-8-14)18(3)4;13-9-5-7(1-3-11(9)15)8-2-4-12(16)10(14)6-8/h5-12H,1-4H3;1-6H,15-16H2/i;1D,3D,5D,6D/hD2. The number of anilines is 4. The molecule has 4 nitrogen and oxygen atoms in total. The Labute approximate surface area is 220 Å². The number of rotatable bonds is 5. The summed E-state index contributed by atoms with van der Waals surface area (Å²) in [5.41, 5.74) is 10.5. The van der Waals surface area contributed by atoms with Gasteiger partial charge in [-0.15, -0.1) is 0 Å². The molecule has 6 heteroatoms. The predicted octanol–water partition coefficient (Wildman–Crippen LogP) is 7.31. The van der Waals surface area contributed by atoms with Gasteiger partial charge in [-0.1, -0.05) is 59.6 Å². The summed E-state index contributed by atoms with van der Waals surface area (Å²) in [6, 6.07) is 18.7. The minimum absolute atomic E-state index is 0.0226. The van der Waals surface area contributed by atoms with Crippen molar-refractivity contribution in [2.24, 2.45) is 0 Å². The smallest absolute Gasteiger partial charge is 0.156 e. The molecule has 0 atom stereocenters. The fourth-order valence-electron chi connectivity index (χ4n) is 3.04. The molecule has 4 rings (SSSR count). The Morgan fingerprint density at radius 1 is 0.618 bits per heavy atom. The third-order valence-corrected chi connectivity index (χ3v) is 5.63. The average molecular weight is 500 g/mol. The van der Waals surface area contributed by atoms with Crippen molar-refractivity contribution in [3.05, 3.63) is 94.9 Å². The number of halogens is 2. The van der Waals surface area contributed by atoms with Gasteiger partial charge in [0.25, 0.3) is 0 Å². The van der Waals surface area contributed by atoms with Gasteiger partial charge in [-0.05, 0) is 70.7 Å². The van der Waals surface area contributed by atoms with Crippen LogP contribution < -0.4 is 21.3 Å². The van der Waals surface area contributed by atoms with Crippen LogP contribution in [-0.4, -0.2) is 28.2 Å². The lowest BCUT2D eigenvalue weighted by Gasteiger charge is -2.14. The van der Waals surface area contributed by atoms with Gasteiger partial charge in [0.1, 0.15) is 0 Å². The Morgan fingerprint density at radius 2 is 1.06 bits per heavy atom. The minimum atomic E-state index is -0.478. The SMILES string of the molecule is CN(C)c1ccc(-c2ccc(N(C)C)cc2)cc1.[2H]c1c(-c2c([2H])c([2H])c(N([2H])[2H])c(Cl)c2[2H])ccc(N)c1Cl. The van der Waals surface area contributed by atoms with Crippen molar-refractivity contribution >= 4 is 46.0 Å². The lowest BCUT2D eigenvalue weighted by Crippen LogP contribution is -2.08. The monoisotopic (exact) mass is 498 g/mol. The molecular formula is C28H30Cl2N4. The summed E-state index contributed by atoms with van der Waals surface area (Å²) in [5.74, 6) is 0. The van der Waals surface area contributed by atoms with Gasteiger partial charge in [0, 0.05) is 39.6 Å². The van der Waals surface area contributed by atoms with E-state index in [4.69, 9.17) is 37.2 Å². The number of benzene rings is 4. The van der Waals surface area contributed by atoms with E-state index < -0.39 is 12.1 Å². The maximum absolute atomic E-state index is 8.04. The highest BCUT2D eigenvalue weighted by molar-refractivity contribution is 6.34. The van der Waals surface area contributed by atoms with Crippen molar-refractivity contribution < 1.29 is 8.31 Å². The van der Waals surface area contributed by atoms with E-state index in [1.165, 1.54) is 34.6 Å². The quantitative estimate of drug-likeness (QED) is 0.283. The topological polar surface area (TPSA) is 58.5 Å². The third-order valence-electron chi connectivity index (χ3n) is 5.05. The number of nitrogens with two attached hydrogens (primary N) is 2. The van der Waals surface area contributed by atoms with Crippen LogP contribution in [0.5, 0.6) is 0 Å². The Kier molecular flexibility index (Phi) is 5.94. The lowest BCUT2D eigenvalue weighted by atomic mass is 10.0. The molecule has 4 N–H and O–H groups in total. The molecule has 0 unspecified atom stereocenters. The number of nitrogens with zero attached hydrogens (tertiary/aromatic N) is 2. The van der Waals surface area contributed by atoms with Gasteiger partial charge >= 0.3 is 0 Å². The summed E-state index contributed by atoms with van der Waals surface area (Å²) >= 11 is 11.9. The molecule has 0 spiro atoms. The molecular weight excluding hydrogens is 463 g/mol. The molecule has 0 radical (unpaired) electrons. The van der Waals surface area contributed by atoms with Crippen LogP contribution in [0.2, 0.25) is 12.9 Å². The number of nitrogen functional groups attached to an aromatic ring is 2. The van der Waals surface area contributed by atoms with E-state index in [9.17, 15) is 0 Å². The molecule has 0 aliphatic heterocycles. The number of hydrogen-bond donors (Lipinski definition) is 2. The van der Waals surface area contributed by atoms with Crippen LogP contribution in [0.15, 0.2) is 84.8 Å². The minimum Gasteiger partial charge on any atom is -0.398 e. The van der Waals surface area contributed by atoms with E-state index in [2.05, 4.69) is 86.5 Å². The number of hydrogen-bond acceptors (Lipinski definition) is 4. The largest absolute Gasteiger partial charge is 0.398 e. The first-order chi connectivity index (χ1) is 18.8. The zero-order valence-corrected chi connectivity index (χ0v) is 21.0. The second-order valence-electron chi connectivity index (χ2n) is 7.94. The highest BCUT2D eigenvalue weighted by Crippen LogP contribution is 2.30. The Bertz CT molecular complexity index is 1420. The third kappa shape index (κ3) is 6.37. The predicted molar refractivity (Wildman–Crippen MR) is 151 cm³/mol. The zero-order chi connectivity index (χ0) is 29.9. The molecule has 0 bridgehead atoms. The highest BCUT2D eigenvalue weighted by atomic mass is 35.5. The van der Waals surface area contributed by atoms with Crippen molar-refractivity contribution in [3.8, 4) is 22.3 Å². The molecule has 0 amide bonds. The molecule has 176 valence electrons. The van der Waals surface area contributed by atoms with Gasteiger partial charge in [0.15, 0.2) is 2.82 Å². The van der Waals surface area contributed by atoms with Crippen LogP contribution in [0.25, 0.3) is 22.3 Å². The van der Waals surface area contributed by atoms with Crippen LogP contribution >= 0.6 is 23.2 Å². The Hall–Kier alpha value is -3.34. The molecule has 0 heterocycles. The van der Waals surface area contributed by atoms with Crippen molar-refractivity contribution in [1.82, 2.24) is 0 Å². The molecule has 0 saturated heterocycles. The summed E-state index contributed by atoms with van der Waals surface area (Å²) in [6.07, 6.45) is 0. The molecule has 0 saturated carbocycles. The lowest BCUT2D eigenvalue weighted by molar-refractivity contribution is 1.13. The molecule has 0 aliphatic carbocycles. The van der Waals surface area contributed by atoms with E-state index in [-0.39, 0.29) is 50.4 Å². The Morgan fingerprint density at radius 3 is 1.53 bits per heavy atom. The fraction of sp³-hybridized carbons (Fsp3) is 0.143. The van der Waals surface area contributed by atoms with Crippen molar-refractivity contribution in [2.45, 2.75) is 0 Å². The van der Waals surface area contributed by atoms with Gasteiger partial charge in [-0.3, -0.25) is 0 Å². The summed E-state index contributed by atoms with van der Waals surface area (Å²) in [4.78, 5) is 4.22. The second kappa shape index (κ2) is 11.2. The van der Waals surface area contributed by atoms with E-state index in [0.29, 0.717) is 0 Å². The fourth-order valence-corrected chi connectivity index (χ4v) is 3.35. The molecule has 0 fully saturated rings. The highest BCUT2D eigenvalue weighted by Gasteiger charge is 2.04. The zero-order valence-electron chi connectivity index (χ0n) is 25.4. The van der Waals surface area contributed by atoms with Crippen LogP contribution in [0.4, 0.5) is 22.7 Å². The van der Waals surface area contributed by atoms with Crippen molar-refractivity contribution in [3.63, 3.8) is 0 Å². The van der Waals surface area contributed by atoms with Gasteiger partial charge < -0.3 is 21.3 Å². The molecule has 4 aromatic rings. The van der Waals surface area contributed by atoms with E-state index in [1.807, 2.05) is 0 Å². The van der Waals surface area contributed by atoms with Crippen LogP contribution in [0.3, 0.4) is 0 Å². The van der Waals surface area contributed by atoms with Crippen molar-refractivity contribution in [2.75, 3.05) is 49.4 Å². The first-order valence-electron chi connectivity index (χ1n) is 13.3. The summed E-state index contributed by atoms with van der Waals surface area (Å²) in [6.45, 7) is 0. The van der Waals surface area contributed by atoms with E-state index in [1.54, 1.807) is 0 Å². The first-order valence-corrected chi connectivity index (χ1v) is 11.2. The average Bonchev–Trinajstić information content (AvgIpc) is 2.92. The summed E-state index contributed by atoms with van der Waals surface area (Å²) in [7, 11) is 8.23. The van der Waals surface area contributed by atoms with Crippen LogP contribution in [-0.2, 0) is 0 Å². The van der Waals surface area contributed by atoms with Crippen molar-refractivity contribution in [1.29, 1.82) is 0 Å². The molecule has 0 aliphatic rings. The van der Waals surface area contributed by atoms with Gasteiger partial charge in [0.2, 0.25) is 0 Å². The molecule has 4 aromatic carbocycles. The summed E-state index contributed by atoms with van der Waals surface area (Å²) in [5, 5.41) is -0.334. The van der Waals surface area contributed by atoms with Crippen LogP contribution in [0, 0.1) is 0 Å². The maximum Gasteiger partial charge on any atom is 0.156 e.